The number of nitrogens with zero attached hydrogens (tertiary/aromatic N) is 1. The number of methoxy groups -OCH3 is 1. The Morgan fingerprint density at radius 3 is 2.61 bits per heavy atom. The standard InChI is InChI=1S/C30H44N2O6/c1-29(2,3)18-17-23-24(33)25(38-30(4,5)37-23)26(36-6)27(34)31-22-16-10-11-19-32(28(22)35)20-12-15-21-13-8-7-9-14-21/h7-9,12-15,17-18,22-26,33H,10-11,16,19-20H2,1-6H3,(H,31,34)/b15-12+,18-17+/t22-,23+,24+,25-,26-/m1/s1. The number of ether oxygens (including phenoxy) is 3. The second-order valence-corrected chi connectivity index (χ2v) is 11.6. The van der Waals surface area contributed by atoms with Gasteiger partial charge in [0.05, 0.1) is 0 Å². The lowest BCUT2D eigenvalue weighted by molar-refractivity contribution is -0.334. The monoisotopic (exact) mass is 528 g/mol. The molecule has 38 heavy (non-hydrogen) atoms. The first-order valence-corrected chi connectivity index (χ1v) is 13.5. The molecule has 2 amide bonds. The summed E-state index contributed by atoms with van der Waals surface area (Å²) < 4.78 is 17.5. The highest BCUT2D eigenvalue weighted by Crippen LogP contribution is 2.31. The zero-order valence-electron chi connectivity index (χ0n) is 23.6. The van der Waals surface area contributed by atoms with Crippen LogP contribution in [-0.2, 0) is 23.8 Å². The van der Waals surface area contributed by atoms with E-state index in [9.17, 15) is 14.7 Å². The number of hydrogen-bond acceptors (Lipinski definition) is 6. The van der Waals surface area contributed by atoms with Crippen molar-refractivity contribution in [3.05, 3.63) is 54.1 Å². The number of likely N-dealkylation sites (tertiary alicyclic amines) is 1. The van der Waals surface area contributed by atoms with E-state index in [1.54, 1.807) is 18.7 Å². The molecule has 1 aromatic rings. The lowest BCUT2D eigenvalue weighted by atomic mass is 9.93. The first-order chi connectivity index (χ1) is 17.9. The minimum absolute atomic E-state index is 0.110. The molecule has 3 rings (SSSR count). The predicted octanol–water partition coefficient (Wildman–Crippen LogP) is 3.70. The lowest BCUT2D eigenvalue weighted by Crippen LogP contribution is -2.62. The predicted molar refractivity (Wildman–Crippen MR) is 147 cm³/mol. The molecule has 8 nitrogen and oxygen atoms in total. The first kappa shape index (κ1) is 30.0. The Balaban J connectivity index is 1.69. The molecule has 0 saturated carbocycles. The van der Waals surface area contributed by atoms with Crippen LogP contribution in [0.1, 0.15) is 59.4 Å². The average Bonchev–Trinajstić information content (AvgIpc) is 3.02. The molecule has 1 aromatic carbocycles. The van der Waals surface area contributed by atoms with Crippen LogP contribution in [0.3, 0.4) is 0 Å². The van der Waals surface area contributed by atoms with Crippen LogP contribution in [0.15, 0.2) is 48.6 Å². The van der Waals surface area contributed by atoms with Crippen LogP contribution in [0, 0.1) is 5.41 Å². The van der Waals surface area contributed by atoms with Crippen LogP contribution >= 0.6 is 0 Å². The fraction of sp³-hybridized carbons (Fsp3) is 0.600. The van der Waals surface area contributed by atoms with Gasteiger partial charge in [0, 0.05) is 20.2 Å². The average molecular weight is 529 g/mol. The number of carbonyl (C=O) groups is 2. The van der Waals surface area contributed by atoms with E-state index in [-0.39, 0.29) is 11.3 Å². The summed E-state index contributed by atoms with van der Waals surface area (Å²) in [5, 5.41) is 14.0. The molecule has 2 saturated heterocycles. The fourth-order valence-corrected chi connectivity index (χ4v) is 4.73. The van der Waals surface area contributed by atoms with Gasteiger partial charge in [-0.3, -0.25) is 9.59 Å². The van der Waals surface area contributed by atoms with E-state index in [1.807, 2.05) is 75.4 Å². The fourth-order valence-electron chi connectivity index (χ4n) is 4.73. The van der Waals surface area contributed by atoms with Crippen molar-refractivity contribution in [2.24, 2.45) is 5.41 Å². The Bertz CT molecular complexity index is 984. The number of nitrogens with one attached hydrogen (secondary N) is 1. The third kappa shape index (κ3) is 8.50. The van der Waals surface area contributed by atoms with Gasteiger partial charge in [-0.15, -0.1) is 0 Å². The van der Waals surface area contributed by atoms with Gasteiger partial charge in [-0.2, -0.15) is 0 Å². The zero-order chi connectivity index (χ0) is 27.9. The number of aliphatic hydroxyl groups is 1. The highest BCUT2D eigenvalue weighted by atomic mass is 16.7. The lowest BCUT2D eigenvalue weighted by Gasteiger charge is -2.45. The van der Waals surface area contributed by atoms with Crippen LogP contribution in [0.2, 0.25) is 0 Å². The maximum atomic E-state index is 13.4. The van der Waals surface area contributed by atoms with E-state index >= 15 is 0 Å². The molecule has 2 fully saturated rings. The second-order valence-electron chi connectivity index (χ2n) is 11.6. The Kier molecular flexibility index (Phi) is 10.3. The van der Waals surface area contributed by atoms with Gasteiger partial charge in [0.15, 0.2) is 11.9 Å². The Hall–Kier alpha value is -2.52. The molecule has 0 bridgehead atoms. The van der Waals surface area contributed by atoms with Crippen LogP contribution in [0.4, 0.5) is 0 Å². The van der Waals surface area contributed by atoms with E-state index < -0.39 is 42.2 Å². The number of benzene rings is 1. The number of amides is 2. The van der Waals surface area contributed by atoms with Gasteiger partial charge >= 0.3 is 0 Å². The van der Waals surface area contributed by atoms with Crippen molar-refractivity contribution < 1.29 is 28.9 Å². The third-order valence-electron chi connectivity index (χ3n) is 6.64. The molecular weight excluding hydrogens is 484 g/mol. The molecule has 0 aliphatic carbocycles. The topological polar surface area (TPSA) is 97.3 Å². The largest absolute Gasteiger partial charge is 0.387 e. The van der Waals surface area contributed by atoms with Crippen molar-refractivity contribution in [3.8, 4) is 0 Å². The molecule has 0 aromatic heterocycles. The van der Waals surface area contributed by atoms with Crippen LogP contribution in [0.25, 0.3) is 6.08 Å². The van der Waals surface area contributed by atoms with Crippen molar-refractivity contribution in [2.75, 3.05) is 20.2 Å². The van der Waals surface area contributed by atoms with Crippen molar-refractivity contribution in [1.82, 2.24) is 10.2 Å². The first-order valence-electron chi connectivity index (χ1n) is 13.5. The third-order valence-corrected chi connectivity index (χ3v) is 6.64. The molecule has 5 atom stereocenters. The van der Waals surface area contributed by atoms with Gasteiger partial charge < -0.3 is 29.5 Å². The van der Waals surface area contributed by atoms with E-state index in [4.69, 9.17) is 14.2 Å². The summed E-state index contributed by atoms with van der Waals surface area (Å²) in [7, 11) is 1.40. The normalized spacial score (nSPS) is 27.4. The summed E-state index contributed by atoms with van der Waals surface area (Å²) in [5.41, 5.74) is 0.956. The highest BCUT2D eigenvalue weighted by Gasteiger charge is 2.48. The Morgan fingerprint density at radius 2 is 1.95 bits per heavy atom. The number of hydrogen-bond donors (Lipinski definition) is 2. The Labute approximate surface area is 227 Å². The van der Waals surface area contributed by atoms with Crippen molar-refractivity contribution in [1.29, 1.82) is 0 Å². The summed E-state index contributed by atoms with van der Waals surface area (Å²) in [4.78, 5) is 28.5. The maximum Gasteiger partial charge on any atom is 0.252 e. The molecular formula is C30H44N2O6. The molecule has 0 radical (unpaired) electrons. The number of aliphatic hydroxyl groups excluding tert-OH is 1. The van der Waals surface area contributed by atoms with Crippen molar-refractivity contribution >= 4 is 17.9 Å². The van der Waals surface area contributed by atoms with Crippen LogP contribution in [-0.4, -0.2) is 78.3 Å². The maximum absolute atomic E-state index is 13.4. The summed E-state index contributed by atoms with van der Waals surface area (Å²) in [5.74, 6) is -1.66. The molecule has 2 heterocycles. The zero-order valence-corrected chi connectivity index (χ0v) is 23.6. The van der Waals surface area contributed by atoms with Crippen molar-refractivity contribution in [3.63, 3.8) is 0 Å². The van der Waals surface area contributed by atoms with Gasteiger partial charge in [0.25, 0.3) is 5.91 Å². The minimum Gasteiger partial charge on any atom is -0.387 e. The highest BCUT2D eigenvalue weighted by molar-refractivity contribution is 5.90. The number of allylic oxidation sites excluding steroid dienone is 1. The smallest absolute Gasteiger partial charge is 0.252 e. The SMILES string of the molecule is CO[C@@H](C(=O)N[C@@H]1CCCCN(C/C=C/c2ccccc2)C1=O)[C@@H]1OC(C)(C)O[C@@H](/C=C/C(C)(C)C)[C@@H]1O. The molecule has 210 valence electrons. The minimum atomic E-state index is -1.14. The molecule has 2 aliphatic rings. The van der Waals surface area contributed by atoms with Gasteiger partial charge in [-0.05, 0) is 44.1 Å². The summed E-state index contributed by atoms with van der Waals surface area (Å²) >= 11 is 0. The van der Waals surface area contributed by atoms with Crippen LogP contribution < -0.4 is 5.32 Å². The van der Waals surface area contributed by atoms with Crippen molar-refractivity contribution in [2.45, 2.75) is 90.1 Å². The summed E-state index contributed by atoms with van der Waals surface area (Å²) in [6.07, 6.45) is 6.03. The van der Waals surface area contributed by atoms with Gasteiger partial charge in [0.2, 0.25) is 5.91 Å². The van der Waals surface area contributed by atoms with Gasteiger partial charge in [-0.25, -0.2) is 0 Å². The molecule has 2 aliphatic heterocycles. The van der Waals surface area contributed by atoms with Crippen LogP contribution in [0.5, 0.6) is 0 Å². The van der Waals surface area contributed by atoms with E-state index in [2.05, 4.69) is 5.32 Å². The molecule has 8 heteroatoms. The molecule has 0 unspecified atom stereocenters. The molecule has 0 spiro atoms. The quantitative estimate of drug-likeness (QED) is 0.500. The van der Waals surface area contributed by atoms with Gasteiger partial charge in [-0.1, -0.05) is 75.4 Å². The molecule has 2 N–H and O–H groups in total. The van der Waals surface area contributed by atoms with E-state index in [0.717, 1.165) is 18.4 Å². The second kappa shape index (κ2) is 13.0. The summed E-state index contributed by atoms with van der Waals surface area (Å²) in [6.45, 7) is 10.7. The van der Waals surface area contributed by atoms with E-state index in [0.29, 0.717) is 19.5 Å². The number of rotatable bonds is 8. The summed E-state index contributed by atoms with van der Waals surface area (Å²) in [6, 6.07) is 9.24. The van der Waals surface area contributed by atoms with Gasteiger partial charge in [0.1, 0.15) is 24.4 Å². The van der Waals surface area contributed by atoms with E-state index in [1.165, 1.54) is 7.11 Å². The Morgan fingerprint density at radius 1 is 1.24 bits per heavy atom. The number of carbonyl (C=O) groups excluding carboxylic acids is 2.